The number of para-hydroxylation sites is 1. The van der Waals surface area contributed by atoms with Crippen LogP contribution in [-0.2, 0) is 0 Å². The summed E-state index contributed by atoms with van der Waals surface area (Å²) in [6.45, 7) is 2.50. The van der Waals surface area contributed by atoms with Crippen LogP contribution in [0, 0.1) is 11.3 Å². The van der Waals surface area contributed by atoms with Gasteiger partial charge in [-0.1, -0.05) is 12.1 Å². The average Bonchev–Trinajstić information content (AvgIpc) is 2.88. The molecule has 0 aliphatic carbocycles. The van der Waals surface area contributed by atoms with E-state index in [2.05, 4.69) is 15.5 Å². The molecule has 0 bridgehead atoms. The number of hydrogen-bond acceptors (Lipinski definition) is 6. The first-order valence-corrected chi connectivity index (χ1v) is 5.69. The number of aromatic nitrogens is 1. The lowest BCUT2D eigenvalue weighted by Gasteiger charge is -2.05. The molecule has 0 atom stereocenters. The van der Waals surface area contributed by atoms with Gasteiger partial charge in [0, 0.05) is 5.56 Å². The molecule has 0 saturated heterocycles. The van der Waals surface area contributed by atoms with Gasteiger partial charge in [0.05, 0.1) is 12.8 Å². The number of nitriles is 1. The zero-order chi connectivity index (χ0) is 13.5. The molecule has 1 aromatic carbocycles. The fourth-order valence-electron chi connectivity index (χ4n) is 1.44. The third-order valence-corrected chi connectivity index (χ3v) is 2.26. The molecule has 0 amide bonds. The third-order valence-electron chi connectivity index (χ3n) is 2.26. The Morgan fingerprint density at radius 1 is 1.53 bits per heavy atom. The highest BCUT2D eigenvalue weighted by atomic mass is 16.5. The van der Waals surface area contributed by atoms with Crippen molar-refractivity contribution in [3.05, 3.63) is 41.9 Å². The molecule has 0 fully saturated rings. The van der Waals surface area contributed by atoms with Crippen molar-refractivity contribution < 1.29 is 9.15 Å². The first-order chi connectivity index (χ1) is 9.35. The summed E-state index contributed by atoms with van der Waals surface area (Å²) in [6.07, 6.45) is 2.78. The van der Waals surface area contributed by atoms with Gasteiger partial charge in [0.25, 0.3) is 5.88 Å². The van der Waals surface area contributed by atoms with E-state index in [1.165, 1.54) is 6.39 Å². The van der Waals surface area contributed by atoms with Crippen LogP contribution < -0.4 is 10.2 Å². The largest absolute Gasteiger partial charge is 0.493 e. The highest BCUT2D eigenvalue weighted by Crippen LogP contribution is 2.16. The Labute approximate surface area is 110 Å². The molecule has 0 spiro atoms. The van der Waals surface area contributed by atoms with Gasteiger partial charge in [-0.25, -0.2) is 10.4 Å². The molecule has 0 aliphatic heterocycles. The van der Waals surface area contributed by atoms with Crippen LogP contribution >= 0.6 is 0 Å². The second-order valence-electron chi connectivity index (χ2n) is 3.48. The maximum atomic E-state index is 8.75. The summed E-state index contributed by atoms with van der Waals surface area (Å²) in [5, 5.41) is 12.7. The van der Waals surface area contributed by atoms with E-state index in [0.29, 0.717) is 6.61 Å². The van der Waals surface area contributed by atoms with Crippen molar-refractivity contribution in [3.63, 3.8) is 0 Å². The Morgan fingerprint density at radius 2 is 2.37 bits per heavy atom. The molecule has 0 radical (unpaired) electrons. The van der Waals surface area contributed by atoms with E-state index < -0.39 is 0 Å². The number of nitrogens with zero attached hydrogens (tertiary/aromatic N) is 3. The van der Waals surface area contributed by atoms with Crippen molar-refractivity contribution in [1.29, 1.82) is 5.26 Å². The second kappa shape index (κ2) is 6.21. The van der Waals surface area contributed by atoms with Crippen LogP contribution in [0.2, 0.25) is 0 Å². The second-order valence-corrected chi connectivity index (χ2v) is 3.48. The Bertz CT molecular complexity index is 613. The third kappa shape index (κ3) is 3.10. The van der Waals surface area contributed by atoms with Gasteiger partial charge in [0.1, 0.15) is 11.8 Å². The molecule has 96 valence electrons. The molecule has 6 nitrogen and oxygen atoms in total. The van der Waals surface area contributed by atoms with E-state index >= 15 is 0 Å². The van der Waals surface area contributed by atoms with Crippen LogP contribution in [0.25, 0.3) is 0 Å². The minimum Gasteiger partial charge on any atom is -0.493 e. The number of hydrogen-bond donors (Lipinski definition) is 1. The normalized spacial score (nSPS) is 10.3. The molecule has 6 heteroatoms. The van der Waals surface area contributed by atoms with E-state index in [-0.39, 0.29) is 11.6 Å². The number of ether oxygens (including phenoxy) is 1. The summed E-state index contributed by atoms with van der Waals surface area (Å²) in [5.74, 6) is 0.960. The highest BCUT2D eigenvalue weighted by molar-refractivity contribution is 5.83. The van der Waals surface area contributed by atoms with E-state index in [9.17, 15) is 0 Å². The Morgan fingerprint density at radius 3 is 3.16 bits per heavy atom. The molecular formula is C13H12N4O2. The molecule has 0 aliphatic rings. The predicted molar refractivity (Wildman–Crippen MR) is 70.0 cm³/mol. The summed E-state index contributed by atoms with van der Waals surface area (Å²) in [6, 6.07) is 9.40. The Kier molecular flexibility index (Phi) is 4.13. The quantitative estimate of drug-likeness (QED) is 0.656. The van der Waals surface area contributed by atoms with Crippen molar-refractivity contribution in [2.45, 2.75) is 6.92 Å². The van der Waals surface area contributed by atoms with E-state index in [1.54, 1.807) is 6.21 Å². The van der Waals surface area contributed by atoms with Gasteiger partial charge < -0.3 is 9.15 Å². The van der Waals surface area contributed by atoms with Crippen LogP contribution in [-0.4, -0.2) is 17.8 Å². The number of benzene rings is 1. The zero-order valence-electron chi connectivity index (χ0n) is 10.3. The Hall–Kier alpha value is -2.81. The Balaban J connectivity index is 2.09. The van der Waals surface area contributed by atoms with E-state index in [1.807, 2.05) is 37.3 Å². The molecule has 1 aromatic heterocycles. The summed E-state index contributed by atoms with van der Waals surface area (Å²) < 4.78 is 10.4. The zero-order valence-corrected chi connectivity index (χ0v) is 10.3. The molecule has 2 rings (SSSR count). The van der Waals surface area contributed by atoms with Crippen LogP contribution in [0.5, 0.6) is 5.75 Å². The van der Waals surface area contributed by atoms with Gasteiger partial charge in [-0.2, -0.15) is 10.4 Å². The van der Waals surface area contributed by atoms with Gasteiger partial charge in [-0.05, 0) is 19.1 Å². The molecule has 1 heterocycles. The number of rotatable bonds is 5. The highest BCUT2D eigenvalue weighted by Gasteiger charge is 2.05. The predicted octanol–water partition coefficient (Wildman–Crippen LogP) is 2.39. The standard InChI is InChI=1S/C13H12N4O2/c1-2-18-12-6-4-3-5-10(12)8-16-17-13-11(7-14)15-9-19-13/h3-6,8-9,17H,2H2,1H3/b16-8-. The first kappa shape index (κ1) is 12.6. The van der Waals surface area contributed by atoms with Gasteiger partial charge in [-0.3, -0.25) is 0 Å². The maximum absolute atomic E-state index is 8.75. The summed E-state index contributed by atoms with van der Waals surface area (Å²) in [4.78, 5) is 3.72. The lowest BCUT2D eigenvalue weighted by molar-refractivity contribution is 0.340. The van der Waals surface area contributed by atoms with Gasteiger partial charge in [0.15, 0.2) is 6.39 Å². The summed E-state index contributed by atoms with van der Waals surface area (Å²) in [5.41, 5.74) is 3.62. The van der Waals surface area contributed by atoms with Crippen molar-refractivity contribution in [2.75, 3.05) is 12.0 Å². The van der Waals surface area contributed by atoms with E-state index in [4.69, 9.17) is 14.4 Å². The molecule has 1 N–H and O–H groups in total. The van der Waals surface area contributed by atoms with Crippen molar-refractivity contribution in [2.24, 2.45) is 5.10 Å². The lowest BCUT2D eigenvalue weighted by atomic mass is 10.2. The SMILES string of the molecule is CCOc1ccccc1/C=N\Nc1ocnc1C#N. The smallest absolute Gasteiger partial charge is 0.251 e. The average molecular weight is 256 g/mol. The van der Waals surface area contributed by atoms with E-state index in [0.717, 1.165) is 11.3 Å². The minimum absolute atomic E-state index is 0.162. The first-order valence-electron chi connectivity index (χ1n) is 5.69. The monoisotopic (exact) mass is 256 g/mol. The van der Waals surface area contributed by atoms with Gasteiger partial charge in [0.2, 0.25) is 5.69 Å². The van der Waals surface area contributed by atoms with Crippen LogP contribution in [0.15, 0.2) is 40.2 Å². The fraction of sp³-hybridized carbons (Fsp3) is 0.154. The van der Waals surface area contributed by atoms with Crippen molar-refractivity contribution in [3.8, 4) is 11.8 Å². The molecular weight excluding hydrogens is 244 g/mol. The summed E-state index contributed by atoms with van der Waals surface area (Å²) in [7, 11) is 0. The fourth-order valence-corrected chi connectivity index (χ4v) is 1.44. The number of oxazole rings is 1. The molecule has 19 heavy (non-hydrogen) atoms. The van der Waals surface area contributed by atoms with Crippen LogP contribution in [0.1, 0.15) is 18.2 Å². The lowest BCUT2D eigenvalue weighted by Crippen LogP contribution is -1.97. The van der Waals surface area contributed by atoms with Gasteiger partial charge in [-0.15, -0.1) is 0 Å². The van der Waals surface area contributed by atoms with Crippen molar-refractivity contribution >= 4 is 12.1 Å². The van der Waals surface area contributed by atoms with Gasteiger partial charge >= 0.3 is 0 Å². The molecule has 0 saturated carbocycles. The minimum atomic E-state index is 0.162. The topological polar surface area (TPSA) is 83.4 Å². The number of nitrogens with one attached hydrogen (secondary N) is 1. The summed E-state index contributed by atoms with van der Waals surface area (Å²) >= 11 is 0. The maximum Gasteiger partial charge on any atom is 0.251 e. The molecule has 2 aromatic rings. The van der Waals surface area contributed by atoms with Crippen molar-refractivity contribution in [1.82, 2.24) is 4.98 Å². The number of hydrazone groups is 1. The number of anilines is 1. The van der Waals surface area contributed by atoms with Crippen LogP contribution in [0.3, 0.4) is 0 Å². The van der Waals surface area contributed by atoms with Crippen LogP contribution in [0.4, 0.5) is 5.88 Å². The molecule has 0 unspecified atom stereocenters.